The zero-order valence-electron chi connectivity index (χ0n) is 17.7. The van der Waals surface area contributed by atoms with E-state index in [-0.39, 0.29) is 18.1 Å². The highest BCUT2D eigenvalue weighted by Gasteiger charge is 2.33. The summed E-state index contributed by atoms with van der Waals surface area (Å²) in [5.41, 5.74) is 0.590. The molecule has 2 aromatic carbocycles. The summed E-state index contributed by atoms with van der Waals surface area (Å²) in [4.78, 5) is 15.3. The molecule has 4 atom stereocenters. The first-order valence-corrected chi connectivity index (χ1v) is 10.9. The van der Waals surface area contributed by atoms with Crippen molar-refractivity contribution < 1.29 is 23.7 Å². The second-order valence-electron chi connectivity index (χ2n) is 8.52. The highest BCUT2D eigenvalue weighted by Crippen LogP contribution is 2.33. The van der Waals surface area contributed by atoms with Crippen molar-refractivity contribution in [3.05, 3.63) is 48.0 Å². The number of fused-ring (bicyclic) bond motifs is 3. The van der Waals surface area contributed by atoms with Crippen molar-refractivity contribution in [1.82, 2.24) is 10.2 Å². The molecule has 2 aromatic rings. The zero-order valence-corrected chi connectivity index (χ0v) is 17.7. The fourth-order valence-electron chi connectivity index (χ4n) is 4.63. The van der Waals surface area contributed by atoms with Gasteiger partial charge in [-0.1, -0.05) is 0 Å². The molecule has 0 saturated carbocycles. The Hall–Kier alpha value is -2.93. The van der Waals surface area contributed by atoms with Gasteiger partial charge in [0.15, 0.2) is 17.6 Å². The average Bonchev–Trinajstić information content (AvgIpc) is 3.15. The maximum absolute atomic E-state index is 12.8. The van der Waals surface area contributed by atoms with Crippen LogP contribution in [-0.4, -0.2) is 62.9 Å². The van der Waals surface area contributed by atoms with Crippen molar-refractivity contribution in [1.29, 1.82) is 0 Å². The van der Waals surface area contributed by atoms with E-state index < -0.39 is 0 Å². The van der Waals surface area contributed by atoms with E-state index in [0.717, 1.165) is 31.0 Å². The molecule has 0 radical (unpaired) electrons. The minimum atomic E-state index is -0.255. The van der Waals surface area contributed by atoms with Gasteiger partial charge in [0, 0.05) is 24.7 Å². The lowest BCUT2D eigenvalue weighted by Crippen LogP contribution is -2.47. The van der Waals surface area contributed by atoms with Gasteiger partial charge in [0.1, 0.15) is 24.7 Å². The Bertz CT molecular complexity index is 920. The number of ether oxygens (including phenoxy) is 4. The number of rotatable bonds is 6. The maximum Gasteiger partial charge on any atom is 0.251 e. The van der Waals surface area contributed by atoms with Crippen molar-refractivity contribution >= 4 is 5.91 Å². The standard InChI is InChI=1S/C24H28N2O5/c1-28-19-3-5-20(6-4-19)29-14-21-15-30-22-7-2-17(11-23(22)31-21)24(27)25-18-10-16-8-9-26(12-16)13-18/h2-7,11,16,18,21H,8-10,12-15H2,1H3,(H,25,27)/t16-,18+,21-/m0/s1. The van der Waals surface area contributed by atoms with Gasteiger partial charge >= 0.3 is 0 Å². The fraction of sp³-hybridized carbons (Fsp3) is 0.458. The van der Waals surface area contributed by atoms with Crippen LogP contribution in [0.2, 0.25) is 0 Å². The molecule has 7 nitrogen and oxygen atoms in total. The fourth-order valence-corrected chi connectivity index (χ4v) is 4.63. The molecule has 164 valence electrons. The van der Waals surface area contributed by atoms with Gasteiger partial charge in [-0.15, -0.1) is 0 Å². The number of amides is 1. The quantitative estimate of drug-likeness (QED) is 0.769. The average molecular weight is 424 g/mol. The lowest BCUT2D eigenvalue weighted by molar-refractivity contribution is 0.0533. The van der Waals surface area contributed by atoms with E-state index in [1.807, 2.05) is 24.3 Å². The van der Waals surface area contributed by atoms with E-state index in [4.69, 9.17) is 18.9 Å². The molecule has 2 fully saturated rings. The number of methoxy groups -OCH3 is 1. The molecule has 3 aliphatic rings. The third-order valence-electron chi connectivity index (χ3n) is 6.22. The van der Waals surface area contributed by atoms with Crippen LogP contribution in [0.4, 0.5) is 0 Å². The highest BCUT2D eigenvalue weighted by atomic mass is 16.6. The second-order valence-corrected chi connectivity index (χ2v) is 8.52. The molecule has 3 aliphatic heterocycles. The van der Waals surface area contributed by atoms with Crippen LogP contribution in [0.5, 0.6) is 23.0 Å². The van der Waals surface area contributed by atoms with Crippen molar-refractivity contribution in [3.8, 4) is 23.0 Å². The third kappa shape index (κ3) is 4.56. The van der Waals surface area contributed by atoms with Gasteiger partial charge in [-0.25, -0.2) is 0 Å². The van der Waals surface area contributed by atoms with Crippen molar-refractivity contribution in [2.24, 2.45) is 5.92 Å². The third-order valence-corrected chi connectivity index (χ3v) is 6.22. The van der Waals surface area contributed by atoms with Gasteiger partial charge in [-0.05, 0) is 67.8 Å². The van der Waals surface area contributed by atoms with Gasteiger partial charge in [-0.2, -0.15) is 0 Å². The predicted molar refractivity (Wildman–Crippen MR) is 115 cm³/mol. The number of nitrogens with one attached hydrogen (secondary N) is 1. The number of hydrogen-bond donors (Lipinski definition) is 1. The van der Waals surface area contributed by atoms with Crippen molar-refractivity contribution in [3.63, 3.8) is 0 Å². The summed E-state index contributed by atoms with van der Waals surface area (Å²) >= 11 is 0. The van der Waals surface area contributed by atoms with Crippen LogP contribution in [0.15, 0.2) is 42.5 Å². The van der Waals surface area contributed by atoms with E-state index in [1.54, 1.807) is 25.3 Å². The van der Waals surface area contributed by atoms with Crippen LogP contribution in [0.3, 0.4) is 0 Å². The summed E-state index contributed by atoms with van der Waals surface area (Å²) in [5, 5.41) is 3.20. The molecule has 0 aliphatic carbocycles. The first kappa shape index (κ1) is 20.0. The number of piperidine rings is 1. The maximum atomic E-state index is 12.8. The van der Waals surface area contributed by atoms with Gasteiger partial charge in [0.05, 0.1) is 7.11 Å². The summed E-state index contributed by atoms with van der Waals surface area (Å²) in [6.45, 7) is 4.02. The first-order valence-electron chi connectivity index (χ1n) is 10.9. The minimum absolute atomic E-state index is 0.0597. The number of hydrogen-bond acceptors (Lipinski definition) is 6. The number of nitrogens with zero attached hydrogens (tertiary/aromatic N) is 1. The summed E-state index contributed by atoms with van der Waals surface area (Å²) in [6, 6.07) is 13.0. The van der Waals surface area contributed by atoms with Gasteiger partial charge in [0.25, 0.3) is 5.91 Å². The van der Waals surface area contributed by atoms with Crippen molar-refractivity contribution in [2.45, 2.75) is 25.0 Å². The molecular weight excluding hydrogens is 396 g/mol. The summed E-state index contributed by atoms with van der Waals surface area (Å²) in [6.07, 6.45) is 2.06. The summed E-state index contributed by atoms with van der Waals surface area (Å²) < 4.78 is 22.9. The van der Waals surface area contributed by atoms with Gasteiger partial charge in [0.2, 0.25) is 0 Å². The zero-order chi connectivity index (χ0) is 21.2. The lowest BCUT2D eigenvalue weighted by Gasteiger charge is -2.30. The molecule has 1 N–H and O–H groups in total. The molecule has 1 amide bonds. The molecule has 0 spiro atoms. The Kier molecular flexibility index (Phi) is 5.59. The largest absolute Gasteiger partial charge is 0.497 e. The van der Waals surface area contributed by atoms with E-state index in [0.29, 0.717) is 36.2 Å². The minimum Gasteiger partial charge on any atom is -0.497 e. The SMILES string of the molecule is COc1ccc(OC[C@H]2COc3ccc(C(=O)N[C@@H]4C[C@@H]5CCN(C5)C4)cc3O2)cc1. The topological polar surface area (TPSA) is 69.3 Å². The van der Waals surface area contributed by atoms with Crippen molar-refractivity contribution in [2.75, 3.05) is 40.0 Å². The van der Waals surface area contributed by atoms with Gasteiger partial charge in [-0.3, -0.25) is 4.79 Å². The Balaban J connectivity index is 1.18. The molecule has 1 unspecified atom stereocenters. The molecule has 2 bridgehead atoms. The highest BCUT2D eigenvalue weighted by molar-refractivity contribution is 5.95. The molecule has 5 rings (SSSR count). The summed E-state index contributed by atoms with van der Waals surface area (Å²) in [5.74, 6) is 3.40. The normalized spacial score (nSPS) is 26.2. The number of carbonyl (C=O) groups excluding carboxylic acids is 1. The number of carbonyl (C=O) groups is 1. The van der Waals surface area contributed by atoms with Crippen LogP contribution in [-0.2, 0) is 0 Å². The Morgan fingerprint density at radius 1 is 1.13 bits per heavy atom. The van der Waals surface area contributed by atoms with E-state index in [1.165, 1.54) is 13.0 Å². The molecule has 0 aromatic heterocycles. The van der Waals surface area contributed by atoms with Gasteiger partial charge < -0.3 is 29.2 Å². The molecule has 3 heterocycles. The van der Waals surface area contributed by atoms with Crippen LogP contribution in [0.1, 0.15) is 23.2 Å². The predicted octanol–water partition coefficient (Wildman–Crippen LogP) is 2.74. The number of benzene rings is 2. The Labute approximate surface area is 182 Å². The van der Waals surface area contributed by atoms with Crippen LogP contribution in [0, 0.1) is 5.92 Å². The lowest BCUT2D eigenvalue weighted by atomic mass is 9.96. The van der Waals surface area contributed by atoms with E-state index in [9.17, 15) is 4.79 Å². The molecule has 2 saturated heterocycles. The second kappa shape index (κ2) is 8.67. The summed E-state index contributed by atoms with van der Waals surface area (Å²) in [7, 11) is 1.63. The van der Waals surface area contributed by atoms with Crippen LogP contribution < -0.4 is 24.3 Å². The first-order chi connectivity index (χ1) is 15.2. The Morgan fingerprint density at radius 3 is 2.77 bits per heavy atom. The monoisotopic (exact) mass is 424 g/mol. The smallest absolute Gasteiger partial charge is 0.251 e. The molecular formula is C24H28N2O5. The molecule has 31 heavy (non-hydrogen) atoms. The van der Waals surface area contributed by atoms with Crippen LogP contribution >= 0.6 is 0 Å². The molecule has 7 heteroatoms. The van der Waals surface area contributed by atoms with E-state index in [2.05, 4.69) is 10.2 Å². The van der Waals surface area contributed by atoms with Crippen LogP contribution in [0.25, 0.3) is 0 Å². The Morgan fingerprint density at radius 2 is 1.97 bits per heavy atom. The van der Waals surface area contributed by atoms with E-state index >= 15 is 0 Å².